The number of thiazole rings is 1. The Kier molecular flexibility index (Phi) is 5.30. The van der Waals surface area contributed by atoms with Gasteiger partial charge in [0.1, 0.15) is 5.65 Å². The lowest BCUT2D eigenvalue weighted by Crippen LogP contribution is -2.14. The Balaban J connectivity index is 1.29. The predicted molar refractivity (Wildman–Crippen MR) is 131 cm³/mol. The number of imidazole rings is 1. The summed E-state index contributed by atoms with van der Waals surface area (Å²) in [5, 5.41) is 10.4. The van der Waals surface area contributed by atoms with E-state index in [0.717, 1.165) is 38.5 Å². The average Bonchev–Trinajstić information content (AvgIpc) is 3.54. The van der Waals surface area contributed by atoms with Crippen molar-refractivity contribution in [1.82, 2.24) is 24.6 Å². The number of hydrogen-bond donors (Lipinski definition) is 2. The highest BCUT2D eigenvalue weighted by atomic mass is 32.1. The van der Waals surface area contributed by atoms with Crippen molar-refractivity contribution >= 4 is 28.0 Å². The van der Waals surface area contributed by atoms with Gasteiger partial charge in [-0.15, -0.1) is 11.3 Å². The number of hydrogen-bond acceptors (Lipinski definition) is 5. The van der Waals surface area contributed by atoms with Crippen LogP contribution in [0.15, 0.2) is 67.4 Å². The molecule has 0 saturated carbocycles. The minimum Gasteiger partial charge on any atom is -0.302 e. The van der Waals surface area contributed by atoms with Crippen molar-refractivity contribution in [2.45, 2.75) is 32.6 Å². The molecule has 1 aromatic carbocycles. The third-order valence-corrected chi connectivity index (χ3v) is 6.79. The van der Waals surface area contributed by atoms with Gasteiger partial charge in [0.05, 0.1) is 24.5 Å². The lowest BCUT2D eigenvalue weighted by Gasteiger charge is -2.14. The van der Waals surface area contributed by atoms with Crippen LogP contribution >= 0.6 is 11.3 Å². The molecule has 7 nitrogen and oxygen atoms in total. The first-order valence-corrected chi connectivity index (χ1v) is 11.5. The van der Waals surface area contributed by atoms with Crippen LogP contribution in [0, 0.1) is 0 Å². The molecule has 5 aromatic rings. The van der Waals surface area contributed by atoms with Crippen molar-refractivity contribution < 1.29 is 4.79 Å². The number of amides is 1. The summed E-state index contributed by atoms with van der Waals surface area (Å²) >= 11 is 1.52. The second-order valence-electron chi connectivity index (χ2n) is 8.98. The fraction of sp³-hybridized carbons (Fsp3) is 0.200. The van der Waals surface area contributed by atoms with Gasteiger partial charge in [-0.2, -0.15) is 5.10 Å². The predicted octanol–water partition coefficient (Wildman–Crippen LogP) is 5.33. The molecule has 0 fully saturated rings. The molecule has 0 aliphatic rings. The highest BCUT2D eigenvalue weighted by Gasteiger charge is 2.18. The first kappa shape index (κ1) is 21.1. The molecule has 0 unspecified atom stereocenters. The third-order valence-electron chi connectivity index (χ3n) is 5.45. The zero-order valence-corrected chi connectivity index (χ0v) is 19.5. The van der Waals surface area contributed by atoms with Crippen LogP contribution in [0.2, 0.25) is 0 Å². The number of anilines is 1. The molecule has 0 spiro atoms. The largest absolute Gasteiger partial charge is 0.302 e. The molecule has 4 heterocycles. The molecule has 33 heavy (non-hydrogen) atoms. The Morgan fingerprint density at radius 3 is 2.55 bits per heavy atom. The topological polar surface area (TPSA) is 88.0 Å². The summed E-state index contributed by atoms with van der Waals surface area (Å²) in [6.07, 6.45) is 9.67. The molecule has 5 rings (SSSR count). The second kappa shape index (κ2) is 8.29. The van der Waals surface area contributed by atoms with E-state index in [-0.39, 0.29) is 11.3 Å². The number of rotatable bonds is 5. The monoisotopic (exact) mass is 456 g/mol. The van der Waals surface area contributed by atoms with Gasteiger partial charge in [0.25, 0.3) is 0 Å². The van der Waals surface area contributed by atoms with Crippen molar-refractivity contribution in [1.29, 1.82) is 0 Å². The normalized spacial score (nSPS) is 11.7. The van der Waals surface area contributed by atoms with E-state index in [1.807, 2.05) is 61.2 Å². The minimum absolute atomic E-state index is 0.0229. The van der Waals surface area contributed by atoms with Crippen LogP contribution in [0.4, 0.5) is 5.13 Å². The van der Waals surface area contributed by atoms with Gasteiger partial charge in [-0.1, -0.05) is 45.0 Å². The average molecular weight is 457 g/mol. The summed E-state index contributed by atoms with van der Waals surface area (Å²) < 4.78 is 2.06. The molecule has 0 saturated heterocycles. The Labute approximate surface area is 195 Å². The van der Waals surface area contributed by atoms with Crippen molar-refractivity contribution in [2.24, 2.45) is 0 Å². The van der Waals surface area contributed by atoms with Crippen molar-refractivity contribution in [3.8, 4) is 22.4 Å². The molecule has 0 aliphatic carbocycles. The van der Waals surface area contributed by atoms with E-state index in [1.165, 1.54) is 11.3 Å². The maximum atomic E-state index is 12.5. The van der Waals surface area contributed by atoms with Crippen LogP contribution in [0.1, 0.15) is 31.2 Å². The number of nitrogens with one attached hydrogen (secondary N) is 2. The standard InChI is InChI=1S/C25H24N6OS/c1-25(2,3)21-15-27-24(33-21)30-23(32)10-16-4-6-17(7-5-16)20-14-26-22-11-18(8-9-31(20)22)19-12-28-29-13-19/h4-9,11-15H,10H2,1-3H3,(H,28,29)(H,27,30,32). The molecular weight excluding hydrogens is 432 g/mol. The Morgan fingerprint density at radius 2 is 1.85 bits per heavy atom. The summed E-state index contributed by atoms with van der Waals surface area (Å²) in [6.45, 7) is 6.40. The van der Waals surface area contributed by atoms with E-state index in [9.17, 15) is 4.79 Å². The smallest absolute Gasteiger partial charge is 0.230 e. The molecule has 0 aliphatic heterocycles. The SMILES string of the molecule is CC(C)(C)c1cnc(NC(=O)Cc2ccc(-c3cnc4cc(-c5cn[nH]c5)ccn34)cc2)s1. The van der Waals surface area contributed by atoms with Crippen LogP contribution in [-0.4, -0.2) is 30.5 Å². The zero-order chi connectivity index (χ0) is 23.0. The van der Waals surface area contributed by atoms with Gasteiger partial charge in [0.15, 0.2) is 5.13 Å². The molecule has 4 aromatic heterocycles. The van der Waals surface area contributed by atoms with Gasteiger partial charge in [0.2, 0.25) is 5.91 Å². The number of H-pyrrole nitrogens is 1. The fourth-order valence-corrected chi connectivity index (χ4v) is 4.49. The second-order valence-corrected chi connectivity index (χ2v) is 10.0. The summed E-state index contributed by atoms with van der Waals surface area (Å²) in [5.41, 5.74) is 5.95. The number of pyridine rings is 1. The number of fused-ring (bicyclic) bond motifs is 1. The zero-order valence-electron chi connectivity index (χ0n) is 18.7. The molecule has 166 valence electrons. The van der Waals surface area contributed by atoms with Gasteiger partial charge in [-0.25, -0.2) is 9.97 Å². The summed E-state index contributed by atoms with van der Waals surface area (Å²) in [4.78, 5) is 22.5. The Hall–Kier alpha value is -3.78. The van der Waals surface area contributed by atoms with Gasteiger partial charge >= 0.3 is 0 Å². The summed E-state index contributed by atoms with van der Waals surface area (Å²) in [7, 11) is 0. The lowest BCUT2D eigenvalue weighted by atomic mass is 9.96. The van der Waals surface area contributed by atoms with Crippen LogP contribution in [0.25, 0.3) is 28.0 Å². The van der Waals surface area contributed by atoms with E-state index in [2.05, 4.69) is 50.7 Å². The lowest BCUT2D eigenvalue weighted by molar-refractivity contribution is -0.115. The molecule has 1 amide bonds. The summed E-state index contributed by atoms with van der Waals surface area (Å²) in [5.74, 6) is -0.0702. The molecule has 0 atom stereocenters. The van der Waals surface area contributed by atoms with E-state index in [4.69, 9.17) is 0 Å². The van der Waals surface area contributed by atoms with Crippen molar-refractivity contribution in [2.75, 3.05) is 5.32 Å². The molecule has 2 N–H and O–H groups in total. The Morgan fingerprint density at radius 1 is 1.03 bits per heavy atom. The van der Waals surface area contributed by atoms with E-state index in [1.54, 1.807) is 6.20 Å². The number of carbonyl (C=O) groups excluding carboxylic acids is 1. The number of aromatic amines is 1. The van der Waals surface area contributed by atoms with Gasteiger partial charge in [0, 0.05) is 34.6 Å². The quantitative estimate of drug-likeness (QED) is 0.374. The molecule has 0 bridgehead atoms. The van der Waals surface area contributed by atoms with Gasteiger partial charge in [-0.05, 0) is 28.7 Å². The van der Waals surface area contributed by atoms with E-state index >= 15 is 0 Å². The van der Waals surface area contributed by atoms with Crippen molar-refractivity contribution in [3.63, 3.8) is 0 Å². The highest BCUT2D eigenvalue weighted by molar-refractivity contribution is 7.15. The third kappa shape index (κ3) is 4.42. The van der Waals surface area contributed by atoms with E-state index in [0.29, 0.717) is 11.6 Å². The van der Waals surface area contributed by atoms with Crippen LogP contribution < -0.4 is 5.32 Å². The van der Waals surface area contributed by atoms with Crippen LogP contribution in [0.3, 0.4) is 0 Å². The number of nitrogens with zero attached hydrogens (tertiary/aromatic N) is 4. The number of carbonyl (C=O) groups is 1. The van der Waals surface area contributed by atoms with E-state index < -0.39 is 0 Å². The first-order chi connectivity index (χ1) is 15.9. The number of aromatic nitrogens is 5. The molecule has 8 heteroatoms. The molecular formula is C25H24N6OS. The first-order valence-electron chi connectivity index (χ1n) is 10.7. The van der Waals surface area contributed by atoms with Gasteiger partial charge < -0.3 is 5.32 Å². The van der Waals surface area contributed by atoms with Crippen LogP contribution in [0.5, 0.6) is 0 Å². The summed E-state index contributed by atoms with van der Waals surface area (Å²) in [6, 6.07) is 12.1. The van der Waals surface area contributed by atoms with Gasteiger partial charge in [-0.3, -0.25) is 14.3 Å². The number of benzene rings is 1. The minimum atomic E-state index is -0.0702. The van der Waals surface area contributed by atoms with Crippen LogP contribution in [-0.2, 0) is 16.6 Å². The van der Waals surface area contributed by atoms with Crippen molar-refractivity contribution in [3.05, 3.63) is 77.8 Å². The Bertz CT molecular complexity index is 1410. The highest BCUT2D eigenvalue weighted by Crippen LogP contribution is 2.30. The fourth-order valence-electron chi connectivity index (χ4n) is 3.60. The maximum Gasteiger partial charge on any atom is 0.230 e. The maximum absolute atomic E-state index is 12.5. The molecule has 0 radical (unpaired) electrons.